The van der Waals surface area contributed by atoms with Gasteiger partial charge in [-0.1, -0.05) is 20.8 Å². The highest BCUT2D eigenvalue weighted by atomic mass is 32.1. The number of nitrogens with zero attached hydrogens (tertiary/aromatic N) is 1. The summed E-state index contributed by atoms with van der Waals surface area (Å²) in [4.78, 5) is 5.40. The molecular weight excluding hydrogens is 277 g/mol. The van der Waals surface area contributed by atoms with Crippen molar-refractivity contribution in [2.75, 3.05) is 19.8 Å². The molecule has 0 aliphatic carbocycles. The van der Waals surface area contributed by atoms with E-state index in [0.29, 0.717) is 13.1 Å². The molecule has 110 valence electrons. The number of alkyl halides is 3. The molecule has 0 aliphatic heterocycles. The van der Waals surface area contributed by atoms with Crippen molar-refractivity contribution < 1.29 is 17.9 Å². The molecule has 0 spiro atoms. The Morgan fingerprint density at radius 3 is 2.53 bits per heavy atom. The Labute approximate surface area is 115 Å². The summed E-state index contributed by atoms with van der Waals surface area (Å²) in [7, 11) is 0. The molecular formula is C12H19F3N2OS. The van der Waals surface area contributed by atoms with E-state index in [1.165, 1.54) is 0 Å². The quantitative estimate of drug-likeness (QED) is 0.819. The largest absolute Gasteiger partial charge is 0.411 e. The lowest BCUT2D eigenvalue weighted by molar-refractivity contribution is -0.173. The summed E-state index contributed by atoms with van der Waals surface area (Å²) in [5.74, 6) is 0. The predicted octanol–water partition coefficient (Wildman–Crippen LogP) is 3.11. The highest BCUT2D eigenvalue weighted by molar-refractivity contribution is 7.11. The second-order valence-electron chi connectivity index (χ2n) is 5.23. The maximum atomic E-state index is 11.8. The van der Waals surface area contributed by atoms with E-state index in [0.717, 1.165) is 9.88 Å². The predicted molar refractivity (Wildman–Crippen MR) is 69.4 cm³/mol. The van der Waals surface area contributed by atoms with E-state index in [9.17, 15) is 13.2 Å². The molecule has 0 radical (unpaired) electrons. The number of aromatic nitrogens is 1. The van der Waals surface area contributed by atoms with Gasteiger partial charge in [0.15, 0.2) is 0 Å². The minimum atomic E-state index is -4.25. The van der Waals surface area contributed by atoms with Crippen molar-refractivity contribution in [3.8, 4) is 0 Å². The lowest BCUT2D eigenvalue weighted by Gasteiger charge is -2.13. The molecule has 0 fully saturated rings. The van der Waals surface area contributed by atoms with Gasteiger partial charge < -0.3 is 10.1 Å². The van der Waals surface area contributed by atoms with Crippen LogP contribution in [0.2, 0.25) is 0 Å². The van der Waals surface area contributed by atoms with E-state index in [-0.39, 0.29) is 12.0 Å². The highest BCUT2D eigenvalue weighted by Gasteiger charge is 2.27. The van der Waals surface area contributed by atoms with Crippen LogP contribution in [0.3, 0.4) is 0 Å². The first kappa shape index (κ1) is 16.4. The van der Waals surface area contributed by atoms with Crippen molar-refractivity contribution in [1.82, 2.24) is 10.3 Å². The lowest BCUT2D eigenvalue weighted by Crippen LogP contribution is -2.23. The Hall–Kier alpha value is -0.660. The Morgan fingerprint density at radius 2 is 2.00 bits per heavy atom. The molecule has 7 heteroatoms. The third kappa shape index (κ3) is 6.89. The lowest BCUT2D eigenvalue weighted by atomic mass is 9.98. The van der Waals surface area contributed by atoms with Gasteiger partial charge in [-0.25, -0.2) is 4.98 Å². The smallest absolute Gasteiger partial charge is 0.371 e. The summed E-state index contributed by atoms with van der Waals surface area (Å²) >= 11 is 1.61. The number of hydrogen-bond donors (Lipinski definition) is 1. The second kappa shape index (κ2) is 6.67. The molecule has 0 aliphatic rings. The molecule has 19 heavy (non-hydrogen) atoms. The van der Waals surface area contributed by atoms with Crippen LogP contribution in [-0.4, -0.2) is 30.9 Å². The van der Waals surface area contributed by atoms with Gasteiger partial charge in [0.2, 0.25) is 0 Å². The van der Waals surface area contributed by atoms with Gasteiger partial charge in [0.25, 0.3) is 0 Å². The Balaban J connectivity index is 2.18. The fraction of sp³-hybridized carbons (Fsp3) is 0.750. The Kier molecular flexibility index (Phi) is 5.76. The third-order valence-corrected chi connectivity index (χ3v) is 3.61. The molecule has 0 atom stereocenters. The van der Waals surface area contributed by atoms with Crippen molar-refractivity contribution in [2.24, 2.45) is 0 Å². The minimum absolute atomic E-state index is 0.0265. The molecule has 1 aromatic heterocycles. The first-order valence-corrected chi connectivity index (χ1v) is 6.80. The summed E-state index contributed by atoms with van der Waals surface area (Å²) in [6, 6.07) is 0. The van der Waals surface area contributed by atoms with E-state index in [1.54, 1.807) is 17.5 Å². The topological polar surface area (TPSA) is 34.2 Å². The fourth-order valence-electron chi connectivity index (χ4n) is 1.28. The zero-order valence-electron chi connectivity index (χ0n) is 11.3. The summed E-state index contributed by atoms with van der Waals surface area (Å²) in [6.45, 7) is 6.12. The fourth-order valence-corrected chi connectivity index (χ4v) is 2.22. The van der Waals surface area contributed by atoms with E-state index < -0.39 is 12.8 Å². The van der Waals surface area contributed by atoms with Gasteiger partial charge >= 0.3 is 6.18 Å². The van der Waals surface area contributed by atoms with Crippen LogP contribution in [-0.2, 0) is 16.7 Å². The van der Waals surface area contributed by atoms with Crippen LogP contribution >= 0.6 is 11.3 Å². The van der Waals surface area contributed by atoms with Gasteiger partial charge in [0.1, 0.15) is 6.61 Å². The van der Waals surface area contributed by atoms with Gasteiger partial charge in [-0.15, -0.1) is 11.3 Å². The molecule has 0 saturated heterocycles. The van der Waals surface area contributed by atoms with Crippen molar-refractivity contribution in [1.29, 1.82) is 0 Å². The second-order valence-corrected chi connectivity index (χ2v) is 6.34. The van der Waals surface area contributed by atoms with Gasteiger partial charge in [0, 0.05) is 29.6 Å². The normalized spacial score (nSPS) is 12.9. The average Bonchev–Trinajstić information content (AvgIpc) is 2.69. The van der Waals surface area contributed by atoms with Crippen LogP contribution in [0.15, 0.2) is 6.20 Å². The molecule has 1 rings (SSSR count). The summed E-state index contributed by atoms with van der Waals surface area (Å²) in [5.41, 5.74) is 0.0265. The van der Waals surface area contributed by atoms with Crippen LogP contribution < -0.4 is 5.32 Å². The first-order valence-electron chi connectivity index (χ1n) is 5.99. The SMILES string of the molecule is CC(C)(C)c1ncc(CNCCOCC(F)(F)F)s1. The van der Waals surface area contributed by atoms with E-state index in [1.807, 2.05) is 0 Å². The minimum Gasteiger partial charge on any atom is -0.371 e. The zero-order chi connectivity index (χ0) is 14.5. The maximum absolute atomic E-state index is 11.8. The van der Waals surface area contributed by atoms with Crippen LogP contribution in [0.25, 0.3) is 0 Å². The molecule has 1 aromatic rings. The molecule has 1 N–H and O–H groups in total. The summed E-state index contributed by atoms with van der Waals surface area (Å²) in [5, 5.41) is 4.08. The Bertz CT molecular complexity index is 385. The van der Waals surface area contributed by atoms with Crippen LogP contribution in [0.4, 0.5) is 13.2 Å². The van der Waals surface area contributed by atoms with Crippen LogP contribution in [0, 0.1) is 0 Å². The van der Waals surface area contributed by atoms with Gasteiger partial charge in [-0.05, 0) is 0 Å². The summed E-state index contributed by atoms with van der Waals surface area (Å²) < 4.78 is 39.9. The maximum Gasteiger partial charge on any atom is 0.411 e. The van der Waals surface area contributed by atoms with Crippen LogP contribution in [0.5, 0.6) is 0 Å². The molecule has 0 amide bonds. The molecule has 0 bridgehead atoms. The van der Waals surface area contributed by atoms with Gasteiger partial charge in [-0.3, -0.25) is 0 Å². The summed E-state index contributed by atoms with van der Waals surface area (Å²) in [6.07, 6.45) is -2.45. The molecule has 0 unspecified atom stereocenters. The number of thiazole rings is 1. The molecule has 0 aromatic carbocycles. The van der Waals surface area contributed by atoms with Crippen molar-refractivity contribution in [2.45, 2.75) is 38.9 Å². The number of ether oxygens (including phenoxy) is 1. The first-order chi connectivity index (χ1) is 8.68. The van der Waals surface area contributed by atoms with E-state index >= 15 is 0 Å². The molecule has 3 nitrogen and oxygen atoms in total. The van der Waals surface area contributed by atoms with E-state index in [4.69, 9.17) is 0 Å². The Morgan fingerprint density at radius 1 is 1.32 bits per heavy atom. The number of halogens is 3. The van der Waals surface area contributed by atoms with Crippen LogP contribution in [0.1, 0.15) is 30.7 Å². The average molecular weight is 296 g/mol. The highest BCUT2D eigenvalue weighted by Crippen LogP contribution is 2.26. The molecule has 0 saturated carbocycles. The molecule has 1 heterocycles. The monoisotopic (exact) mass is 296 g/mol. The van der Waals surface area contributed by atoms with Crippen molar-refractivity contribution in [3.63, 3.8) is 0 Å². The number of hydrogen-bond acceptors (Lipinski definition) is 4. The van der Waals surface area contributed by atoms with Crippen molar-refractivity contribution >= 4 is 11.3 Å². The van der Waals surface area contributed by atoms with Gasteiger partial charge in [0.05, 0.1) is 11.6 Å². The number of rotatable bonds is 6. The third-order valence-electron chi connectivity index (χ3n) is 2.18. The van der Waals surface area contributed by atoms with Crippen molar-refractivity contribution in [3.05, 3.63) is 16.1 Å². The number of nitrogens with one attached hydrogen (secondary N) is 1. The van der Waals surface area contributed by atoms with E-state index in [2.05, 4.69) is 35.8 Å². The van der Waals surface area contributed by atoms with Gasteiger partial charge in [-0.2, -0.15) is 13.2 Å². The standard InChI is InChI=1S/C12H19F3N2OS/c1-11(2,3)10-17-7-9(19-10)6-16-4-5-18-8-12(13,14)15/h7,16H,4-6,8H2,1-3H3. The zero-order valence-corrected chi connectivity index (χ0v) is 12.1.